The molecular weight excluding hydrogens is 318 g/mol. The first kappa shape index (κ1) is 20.1. The molecule has 1 fully saturated rings. The van der Waals surface area contributed by atoms with Crippen molar-refractivity contribution < 1.29 is 13.2 Å². The molecule has 1 unspecified atom stereocenters. The number of morpholine rings is 1. The number of hydrogen-bond acceptors (Lipinski definition) is 5. The summed E-state index contributed by atoms with van der Waals surface area (Å²) in [5.74, 6) is 0.980. The lowest BCUT2D eigenvalue weighted by Gasteiger charge is -2.36. The minimum absolute atomic E-state index is 0.117. The van der Waals surface area contributed by atoms with Crippen LogP contribution in [-0.2, 0) is 14.8 Å². The van der Waals surface area contributed by atoms with Crippen molar-refractivity contribution in [1.82, 2.24) is 15.5 Å². The highest BCUT2D eigenvalue weighted by molar-refractivity contribution is 7.89. The molecule has 1 heterocycles. The van der Waals surface area contributed by atoms with Crippen LogP contribution >= 0.6 is 0 Å². The first-order chi connectivity index (χ1) is 10.8. The first-order valence-electron chi connectivity index (χ1n) is 8.18. The number of nitrogens with one attached hydrogen (secondary N) is 2. The van der Waals surface area contributed by atoms with Crippen LogP contribution in [0.1, 0.15) is 20.8 Å². The highest BCUT2D eigenvalue weighted by Gasteiger charge is 2.23. The molecule has 1 saturated heterocycles. The summed E-state index contributed by atoms with van der Waals surface area (Å²) >= 11 is 0. The third-order valence-electron chi connectivity index (χ3n) is 3.74. The molecule has 0 aliphatic carbocycles. The number of aliphatic imine (C=N–C) groups is 1. The maximum absolute atomic E-state index is 11.0. The summed E-state index contributed by atoms with van der Waals surface area (Å²) in [5.41, 5.74) is 0. The van der Waals surface area contributed by atoms with E-state index >= 15 is 0 Å². The van der Waals surface area contributed by atoms with E-state index in [1.807, 2.05) is 6.92 Å². The molecule has 0 aromatic heterocycles. The van der Waals surface area contributed by atoms with E-state index in [-0.39, 0.29) is 12.3 Å². The number of guanidine groups is 1. The predicted octanol–water partition coefficient (Wildman–Crippen LogP) is -0.813. The van der Waals surface area contributed by atoms with E-state index in [2.05, 4.69) is 34.4 Å². The number of ether oxygens (including phenoxy) is 1. The Labute approximate surface area is 139 Å². The van der Waals surface area contributed by atoms with Crippen LogP contribution in [0.5, 0.6) is 0 Å². The van der Waals surface area contributed by atoms with E-state index in [0.29, 0.717) is 31.0 Å². The van der Waals surface area contributed by atoms with E-state index in [9.17, 15) is 8.42 Å². The Morgan fingerprint density at radius 3 is 2.48 bits per heavy atom. The summed E-state index contributed by atoms with van der Waals surface area (Å²) in [7, 11) is -3.46. The molecule has 136 valence electrons. The average molecular weight is 350 g/mol. The van der Waals surface area contributed by atoms with Crippen molar-refractivity contribution in [1.29, 1.82) is 0 Å². The summed E-state index contributed by atoms with van der Waals surface area (Å²) < 4.78 is 27.4. The molecule has 0 spiro atoms. The van der Waals surface area contributed by atoms with Gasteiger partial charge in [0.25, 0.3) is 0 Å². The van der Waals surface area contributed by atoms with Gasteiger partial charge in [0.15, 0.2) is 5.96 Å². The molecule has 0 bridgehead atoms. The molecule has 0 aromatic rings. The van der Waals surface area contributed by atoms with Crippen molar-refractivity contribution in [3.05, 3.63) is 0 Å². The van der Waals surface area contributed by atoms with Crippen molar-refractivity contribution in [3.8, 4) is 0 Å². The van der Waals surface area contributed by atoms with Crippen LogP contribution < -0.4 is 15.8 Å². The van der Waals surface area contributed by atoms with E-state index in [1.54, 1.807) is 0 Å². The minimum Gasteiger partial charge on any atom is -0.379 e. The molecule has 1 atom stereocenters. The van der Waals surface area contributed by atoms with Crippen molar-refractivity contribution in [2.24, 2.45) is 16.0 Å². The van der Waals surface area contributed by atoms with Gasteiger partial charge in [-0.05, 0) is 12.8 Å². The van der Waals surface area contributed by atoms with Gasteiger partial charge in [-0.2, -0.15) is 0 Å². The molecular formula is C14H31N5O3S. The molecule has 9 heteroatoms. The monoisotopic (exact) mass is 349 g/mol. The molecule has 23 heavy (non-hydrogen) atoms. The number of nitrogens with zero attached hydrogens (tertiary/aromatic N) is 2. The lowest BCUT2D eigenvalue weighted by molar-refractivity contribution is 0.00867. The molecule has 0 amide bonds. The van der Waals surface area contributed by atoms with E-state index in [0.717, 1.165) is 26.3 Å². The lowest BCUT2D eigenvalue weighted by atomic mass is 10.0. The Hall–Kier alpha value is -0.900. The van der Waals surface area contributed by atoms with Crippen LogP contribution in [0.25, 0.3) is 0 Å². The third-order valence-corrected chi connectivity index (χ3v) is 4.52. The van der Waals surface area contributed by atoms with Gasteiger partial charge in [-0.1, -0.05) is 13.8 Å². The number of sulfonamides is 1. The number of hydrogen-bond donors (Lipinski definition) is 3. The molecule has 8 nitrogen and oxygen atoms in total. The van der Waals surface area contributed by atoms with Gasteiger partial charge in [0.2, 0.25) is 10.0 Å². The predicted molar refractivity (Wildman–Crippen MR) is 93.0 cm³/mol. The van der Waals surface area contributed by atoms with Crippen LogP contribution in [0.2, 0.25) is 0 Å². The van der Waals surface area contributed by atoms with Gasteiger partial charge in [0.1, 0.15) is 0 Å². The van der Waals surface area contributed by atoms with Crippen molar-refractivity contribution in [2.45, 2.75) is 26.8 Å². The maximum Gasteiger partial charge on any atom is 0.210 e. The zero-order chi connectivity index (χ0) is 17.3. The SMILES string of the molecule is CCNC(=NCC(C(C)C)N1CCOCC1)NCCS(N)(=O)=O. The molecule has 1 aliphatic heterocycles. The highest BCUT2D eigenvalue weighted by Crippen LogP contribution is 2.13. The topological polar surface area (TPSA) is 109 Å². The second-order valence-electron chi connectivity index (χ2n) is 5.97. The largest absolute Gasteiger partial charge is 0.379 e. The molecule has 0 radical (unpaired) electrons. The summed E-state index contributed by atoms with van der Waals surface area (Å²) in [6, 6.07) is 0.340. The van der Waals surface area contributed by atoms with Crippen molar-refractivity contribution in [2.75, 3.05) is 51.7 Å². The van der Waals surface area contributed by atoms with Gasteiger partial charge in [-0.15, -0.1) is 0 Å². The van der Waals surface area contributed by atoms with Crippen LogP contribution in [0.15, 0.2) is 4.99 Å². The fourth-order valence-electron chi connectivity index (χ4n) is 2.50. The van der Waals surface area contributed by atoms with Gasteiger partial charge >= 0.3 is 0 Å². The molecule has 4 N–H and O–H groups in total. The van der Waals surface area contributed by atoms with Crippen molar-refractivity contribution >= 4 is 16.0 Å². The number of primary sulfonamides is 1. The Morgan fingerprint density at radius 1 is 1.30 bits per heavy atom. The Bertz CT molecular complexity index is 461. The van der Waals surface area contributed by atoms with Crippen LogP contribution in [0.4, 0.5) is 0 Å². The van der Waals surface area contributed by atoms with Crippen LogP contribution in [0.3, 0.4) is 0 Å². The highest BCUT2D eigenvalue weighted by atomic mass is 32.2. The molecule has 0 aromatic carbocycles. The lowest BCUT2D eigenvalue weighted by Crippen LogP contribution is -2.48. The fourth-order valence-corrected chi connectivity index (χ4v) is 2.88. The zero-order valence-corrected chi connectivity index (χ0v) is 15.2. The van der Waals surface area contributed by atoms with Gasteiger partial charge < -0.3 is 15.4 Å². The Morgan fingerprint density at radius 2 is 1.96 bits per heavy atom. The molecule has 0 saturated carbocycles. The summed E-state index contributed by atoms with van der Waals surface area (Å²) in [5, 5.41) is 11.1. The second-order valence-corrected chi connectivity index (χ2v) is 7.71. The second kappa shape index (κ2) is 10.1. The van der Waals surface area contributed by atoms with E-state index in [4.69, 9.17) is 9.88 Å². The standard InChI is InChI=1S/C14H31N5O3S/c1-4-16-14(17-5-10-23(15,20)21)18-11-13(12(2)3)19-6-8-22-9-7-19/h12-13H,4-11H2,1-3H3,(H2,15,20,21)(H2,16,17,18). The summed E-state index contributed by atoms with van der Waals surface area (Å²) in [4.78, 5) is 7.01. The Balaban J connectivity index is 2.60. The van der Waals surface area contributed by atoms with Crippen LogP contribution in [-0.4, -0.2) is 77.0 Å². The molecule has 1 rings (SSSR count). The fraction of sp³-hybridized carbons (Fsp3) is 0.929. The quantitative estimate of drug-likeness (QED) is 0.390. The maximum atomic E-state index is 11.0. The number of rotatable bonds is 8. The average Bonchev–Trinajstić information content (AvgIpc) is 2.47. The first-order valence-corrected chi connectivity index (χ1v) is 9.89. The summed E-state index contributed by atoms with van der Waals surface area (Å²) in [6.45, 7) is 11.3. The van der Waals surface area contributed by atoms with Gasteiger partial charge in [0.05, 0.1) is 25.5 Å². The smallest absolute Gasteiger partial charge is 0.210 e. The normalized spacial score (nSPS) is 18.9. The van der Waals surface area contributed by atoms with Crippen LogP contribution in [0, 0.1) is 5.92 Å². The summed E-state index contributed by atoms with van der Waals surface area (Å²) in [6.07, 6.45) is 0. The van der Waals surface area contributed by atoms with E-state index in [1.165, 1.54) is 0 Å². The van der Waals surface area contributed by atoms with Crippen molar-refractivity contribution in [3.63, 3.8) is 0 Å². The molecule has 1 aliphatic rings. The zero-order valence-electron chi connectivity index (χ0n) is 14.4. The van der Waals surface area contributed by atoms with Gasteiger partial charge in [-0.3, -0.25) is 9.89 Å². The van der Waals surface area contributed by atoms with Gasteiger partial charge in [-0.25, -0.2) is 13.6 Å². The van der Waals surface area contributed by atoms with Gasteiger partial charge in [0, 0.05) is 32.2 Å². The number of nitrogens with two attached hydrogens (primary N) is 1. The van der Waals surface area contributed by atoms with E-state index < -0.39 is 10.0 Å². The minimum atomic E-state index is -3.46. The Kier molecular flexibility index (Phi) is 8.82. The third kappa shape index (κ3) is 8.50.